The van der Waals surface area contributed by atoms with E-state index in [2.05, 4.69) is 62.5 Å². The lowest BCUT2D eigenvalue weighted by Gasteiger charge is -2.25. The molecule has 8 heteroatoms. The number of nitrogens with one attached hydrogen (secondary N) is 2. The van der Waals surface area contributed by atoms with Gasteiger partial charge in [-0.3, -0.25) is 9.98 Å². The average Bonchev–Trinajstić information content (AvgIpc) is 2.58. The molecule has 0 bridgehead atoms. The van der Waals surface area contributed by atoms with Gasteiger partial charge in [-0.25, -0.2) is 4.39 Å². The lowest BCUT2D eigenvalue weighted by Crippen LogP contribution is -2.43. The zero-order chi connectivity index (χ0) is 18.3. The van der Waals surface area contributed by atoms with Crippen molar-refractivity contribution in [3.63, 3.8) is 0 Å². The molecule has 0 unspecified atom stereocenters. The third-order valence-electron chi connectivity index (χ3n) is 3.37. The monoisotopic (exact) mass is 552 g/mol. The predicted octanol–water partition coefficient (Wildman–Crippen LogP) is 4.84. The van der Waals surface area contributed by atoms with E-state index in [9.17, 15) is 4.39 Å². The number of aliphatic imine (C=N–C) groups is 1. The van der Waals surface area contributed by atoms with Gasteiger partial charge < -0.3 is 10.6 Å². The molecule has 2 N–H and O–H groups in total. The van der Waals surface area contributed by atoms with E-state index in [0.717, 1.165) is 4.47 Å². The number of thioether (sulfide) groups is 1. The predicted molar refractivity (Wildman–Crippen MR) is 122 cm³/mol. The minimum absolute atomic E-state index is 0. The molecule has 4 nitrogen and oxygen atoms in total. The zero-order valence-electron chi connectivity index (χ0n) is 14.9. The van der Waals surface area contributed by atoms with Gasteiger partial charge in [0.15, 0.2) is 5.96 Å². The number of hydrogen-bond acceptors (Lipinski definition) is 3. The highest BCUT2D eigenvalue weighted by atomic mass is 127. The third-order valence-corrected chi connectivity index (χ3v) is 5.10. The van der Waals surface area contributed by atoms with Gasteiger partial charge in [-0.15, -0.1) is 35.7 Å². The van der Waals surface area contributed by atoms with Crippen LogP contribution in [0.4, 0.5) is 4.39 Å². The van der Waals surface area contributed by atoms with Crippen molar-refractivity contribution in [2.24, 2.45) is 4.99 Å². The molecule has 0 spiro atoms. The molecule has 0 fully saturated rings. The number of nitrogens with zero attached hydrogens (tertiary/aromatic N) is 2. The van der Waals surface area contributed by atoms with Crippen LogP contribution >= 0.6 is 51.7 Å². The molecule has 1 aromatic carbocycles. The minimum atomic E-state index is -0.323. The molecular weight excluding hydrogens is 530 g/mol. The lowest BCUT2D eigenvalue weighted by atomic mass is 10.2. The zero-order valence-corrected chi connectivity index (χ0v) is 19.7. The van der Waals surface area contributed by atoms with E-state index in [1.165, 1.54) is 11.0 Å². The highest BCUT2D eigenvalue weighted by molar-refractivity contribution is 14.0. The number of pyridine rings is 1. The molecule has 1 aromatic heterocycles. The number of guanidine groups is 1. The molecule has 0 aliphatic rings. The summed E-state index contributed by atoms with van der Waals surface area (Å²) in [7, 11) is 1.69. The topological polar surface area (TPSA) is 49.3 Å². The molecule has 0 aliphatic heterocycles. The molecule has 2 rings (SSSR count). The van der Waals surface area contributed by atoms with Crippen LogP contribution in [0.1, 0.15) is 19.5 Å². The highest BCUT2D eigenvalue weighted by Crippen LogP contribution is 2.32. The van der Waals surface area contributed by atoms with Crippen LogP contribution < -0.4 is 10.6 Å². The first kappa shape index (κ1) is 23.2. The normalized spacial score (nSPS) is 11.7. The van der Waals surface area contributed by atoms with Crippen molar-refractivity contribution < 1.29 is 4.39 Å². The second-order valence-corrected chi connectivity index (χ2v) is 8.72. The van der Waals surface area contributed by atoms with E-state index >= 15 is 0 Å². The number of benzene rings is 1. The minimum Gasteiger partial charge on any atom is -0.355 e. The van der Waals surface area contributed by atoms with E-state index < -0.39 is 0 Å². The Kier molecular flexibility index (Phi) is 9.88. The van der Waals surface area contributed by atoms with Gasteiger partial charge in [-0.2, -0.15) is 0 Å². The fourth-order valence-corrected chi connectivity index (χ4v) is 3.41. The number of aromatic nitrogens is 1. The molecule has 1 heterocycles. The molecule has 0 atom stereocenters. The van der Waals surface area contributed by atoms with Gasteiger partial charge in [0.05, 0.1) is 12.2 Å². The summed E-state index contributed by atoms with van der Waals surface area (Å²) >= 11 is 5.23. The average molecular weight is 553 g/mol. The molecule has 0 saturated heterocycles. The summed E-state index contributed by atoms with van der Waals surface area (Å²) in [6.45, 7) is 5.32. The Hall–Kier alpha value is -0.870. The quantitative estimate of drug-likeness (QED) is 0.233. The SMILES string of the molecule is CN=C(NCc1ncccc1F)NCC(C)(C)Sc1ccc(Br)cc1.I. The Morgan fingerprint density at radius 2 is 1.92 bits per heavy atom. The van der Waals surface area contributed by atoms with Crippen molar-refractivity contribution in [3.05, 3.63) is 58.6 Å². The Labute approximate surface area is 184 Å². The third kappa shape index (κ3) is 7.79. The van der Waals surface area contributed by atoms with Gasteiger partial charge in [-0.1, -0.05) is 15.9 Å². The van der Waals surface area contributed by atoms with Gasteiger partial charge in [-0.05, 0) is 50.2 Å². The van der Waals surface area contributed by atoms with Crippen molar-refractivity contribution in [1.29, 1.82) is 0 Å². The van der Waals surface area contributed by atoms with Crippen molar-refractivity contribution in [2.45, 2.75) is 30.0 Å². The largest absolute Gasteiger partial charge is 0.355 e. The maximum Gasteiger partial charge on any atom is 0.191 e. The van der Waals surface area contributed by atoms with Crippen LogP contribution in [-0.4, -0.2) is 29.3 Å². The summed E-state index contributed by atoms with van der Waals surface area (Å²) in [6, 6.07) is 11.2. The van der Waals surface area contributed by atoms with Crippen LogP contribution in [0.5, 0.6) is 0 Å². The van der Waals surface area contributed by atoms with Crippen molar-refractivity contribution in [1.82, 2.24) is 15.6 Å². The second kappa shape index (κ2) is 11.1. The summed E-state index contributed by atoms with van der Waals surface area (Å²) in [5.41, 5.74) is 0.369. The van der Waals surface area contributed by atoms with Crippen LogP contribution in [0, 0.1) is 5.82 Å². The van der Waals surface area contributed by atoms with Gasteiger partial charge >= 0.3 is 0 Å². The van der Waals surface area contributed by atoms with Crippen molar-refractivity contribution in [2.75, 3.05) is 13.6 Å². The fraction of sp³-hybridized carbons (Fsp3) is 0.333. The van der Waals surface area contributed by atoms with Crippen LogP contribution in [0.15, 0.2) is 57.0 Å². The smallest absolute Gasteiger partial charge is 0.191 e. The first-order chi connectivity index (χ1) is 11.9. The van der Waals surface area contributed by atoms with E-state index in [-0.39, 0.29) is 41.1 Å². The number of rotatable bonds is 6. The Balaban J connectivity index is 0.00000338. The van der Waals surface area contributed by atoms with Gasteiger partial charge in [0, 0.05) is 33.9 Å². The van der Waals surface area contributed by atoms with Gasteiger partial charge in [0.1, 0.15) is 5.82 Å². The molecule has 0 aliphatic carbocycles. The van der Waals surface area contributed by atoms with E-state index in [4.69, 9.17) is 0 Å². The van der Waals surface area contributed by atoms with Crippen LogP contribution in [0.2, 0.25) is 0 Å². The maximum absolute atomic E-state index is 13.6. The molecular formula is C18H23BrFIN4S. The number of halogens is 3. The standard InChI is InChI=1S/C18H22BrFN4S.HI/c1-18(2,25-14-8-6-13(19)7-9-14)12-24-17(21-3)23-11-16-15(20)5-4-10-22-16;/h4-10H,11-12H2,1-3H3,(H2,21,23,24);1H. The second-order valence-electron chi connectivity index (χ2n) is 6.03. The molecule has 0 amide bonds. The molecule has 142 valence electrons. The van der Waals surface area contributed by atoms with Crippen LogP contribution in [-0.2, 0) is 6.54 Å². The summed E-state index contributed by atoms with van der Waals surface area (Å²) in [4.78, 5) is 9.41. The van der Waals surface area contributed by atoms with Gasteiger partial charge in [0.25, 0.3) is 0 Å². The summed E-state index contributed by atoms with van der Waals surface area (Å²) in [5.74, 6) is 0.297. The summed E-state index contributed by atoms with van der Waals surface area (Å²) in [5, 5.41) is 6.38. The first-order valence-corrected chi connectivity index (χ1v) is 9.49. The number of hydrogen-bond donors (Lipinski definition) is 2. The Morgan fingerprint density at radius 1 is 1.23 bits per heavy atom. The molecule has 2 aromatic rings. The molecule has 26 heavy (non-hydrogen) atoms. The van der Waals surface area contributed by atoms with E-state index in [0.29, 0.717) is 18.2 Å². The molecule has 0 radical (unpaired) electrons. The fourth-order valence-electron chi connectivity index (χ4n) is 2.09. The van der Waals surface area contributed by atoms with Crippen molar-refractivity contribution in [3.8, 4) is 0 Å². The van der Waals surface area contributed by atoms with Gasteiger partial charge in [0.2, 0.25) is 0 Å². The van der Waals surface area contributed by atoms with Crippen LogP contribution in [0.3, 0.4) is 0 Å². The van der Waals surface area contributed by atoms with E-state index in [1.807, 2.05) is 12.1 Å². The maximum atomic E-state index is 13.6. The summed E-state index contributed by atoms with van der Waals surface area (Å²) < 4.78 is 14.6. The first-order valence-electron chi connectivity index (χ1n) is 7.88. The molecule has 0 saturated carbocycles. The Bertz CT molecular complexity index is 725. The lowest BCUT2D eigenvalue weighted by molar-refractivity contribution is 0.591. The highest BCUT2D eigenvalue weighted by Gasteiger charge is 2.20. The Morgan fingerprint density at radius 3 is 2.54 bits per heavy atom. The van der Waals surface area contributed by atoms with Crippen molar-refractivity contribution >= 4 is 57.6 Å². The van der Waals surface area contributed by atoms with Crippen LogP contribution in [0.25, 0.3) is 0 Å². The summed E-state index contributed by atoms with van der Waals surface area (Å²) in [6.07, 6.45) is 1.58. The van der Waals surface area contributed by atoms with E-state index in [1.54, 1.807) is 31.1 Å².